The van der Waals surface area contributed by atoms with Crippen molar-refractivity contribution in [2.24, 2.45) is 11.3 Å². The van der Waals surface area contributed by atoms with Crippen LogP contribution in [0.4, 0.5) is 4.79 Å². The van der Waals surface area contributed by atoms with E-state index in [4.69, 9.17) is 9.84 Å². The summed E-state index contributed by atoms with van der Waals surface area (Å²) in [5, 5.41) is 14.7. The van der Waals surface area contributed by atoms with Gasteiger partial charge in [-0.25, -0.2) is 4.79 Å². The molecular formula is C28H36N2O5. The molecule has 7 heteroatoms. The molecule has 0 bridgehead atoms. The van der Waals surface area contributed by atoms with E-state index >= 15 is 0 Å². The Labute approximate surface area is 207 Å². The average molecular weight is 481 g/mol. The maximum Gasteiger partial charge on any atom is 0.407 e. The van der Waals surface area contributed by atoms with Crippen LogP contribution in [0.5, 0.6) is 0 Å². The van der Waals surface area contributed by atoms with Crippen molar-refractivity contribution in [3.05, 3.63) is 59.7 Å². The van der Waals surface area contributed by atoms with E-state index in [0.29, 0.717) is 19.4 Å². The van der Waals surface area contributed by atoms with Crippen LogP contribution in [0, 0.1) is 11.3 Å². The van der Waals surface area contributed by atoms with Gasteiger partial charge in [0, 0.05) is 25.4 Å². The number of hydrogen-bond donors (Lipinski definition) is 3. The Balaban J connectivity index is 1.39. The predicted octanol–water partition coefficient (Wildman–Crippen LogP) is 4.95. The number of alkyl carbamates (subject to hydrolysis) is 1. The number of carbonyl (C=O) groups is 3. The van der Waals surface area contributed by atoms with Crippen molar-refractivity contribution in [2.75, 3.05) is 19.7 Å². The maximum absolute atomic E-state index is 12.3. The number of ether oxygens (including phenoxy) is 1. The second-order valence-electron chi connectivity index (χ2n) is 9.82. The third-order valence-electron chi connectivity index (χ3n) is 6.83. The molecule has 0 saturated carbocycles. The highest BCUT2D eigenvalue weighted by Gasteiger charge is 2.29. The molecule has 0 fully saturated rings. The summed E-state index contributed by atoms with van der Waals surface area (Å²) in [6.45, 7) is 6.08. The Bertz CT molecular complexity index is 1000. The summed E-state index contributed by atoms with van der Waals surface area (Å²) < 4.78 is 5.57. The number of amides is 2. The molecule has 188 valence electrons. The Morgan fingerprint density at radius 3 is 2.14 bits per heavy atom. The summed E-state index contributed by atoms with van der Waals surface area (Å²) in [5.41, 5.74) is 3.75. The number of fused-ring (bicyclic) bond motifs is 3. The summed E-state index contributed by atoms with van der Waals surface area (Å²) >= 11 is 0. The molecule has 1 unspecified atom stereocenters. The molecule has 1 atom stereocenters. The van der Waals surface area contributed by atoms with Gasteiger partial charge in [-0.1, -0.05) is 61.9 Å². The number of carbonyl (C=O) groups excluding carboxylic acids is 2. The third-order valence-corrected chi connectivity index (χ3v) is 6.83. The molecule has 3 rings (SSSR count). The highest BCUT2D eigenvalue weighted by atomic mass is 16.5. The number of carboxylic acid groups (broad SMARTS) is 1. The predicted molar refractivity (Wildman–Crippen MR) is 135 cm³/mol. The Morgan fingerprint density at radius 1 is 0.971 bits per heavy atom. The van der Waals surface area contributed by atoms with Crippen LogP contribution in [-0.2, 0) is 14.3 Å². The zero-order valence-corrected chi connectivity index (χ0v) is 20.8. The lowest BCUT2D eigenvalue weighted by Crippen LogP contribution is -2.39. The fourth-order valence-electron chi connectivity index (χ4n) is 4.40. The number of benzene rings is 2. The molecule has 3 N–H and O–H groups in total. The minimum Gasteiger partial charge on any atom is -0.481 e. The molecule has 0 aliphatic heterocycles. The molecule has 0 spiro atoms. The van der Waals surface area contributed by atoms with E-state index in [-0.39, 0.29) is 30.9 Å². The molecule has 0 heterocycles. The molecule has 7 nitrogen and oxygen atoms in total. The van der Waals surface area contributed by atoms with Crippen molar-refractivity contribution in [2.45, 2.75) is 52.4 Å². The van der Waals surface area contributed by atoms with Gasteiger partial charge in [0.15, 0.2) is 0 Å². The summed E-state index contributed by atoms with van der Waals surface area (Å²) in [7, 11) is 0. The van der Waals surface area contributed by atoms with E-state index < -0.39 is 17.5 Å². The van der Waals surface area contributed by atoms with E-state index in [1.165, 1.54) is 22.3 Å². The van der Waals surface area contributed by atoms with Crippen molar-refractivity contribution in [1.82, 2.24) is 10.6 Å². The molecule has 2 aromatic carbocycles. The Morgan fingerprint density at radius 2 is 1.57 bits per heavy atom. The van der Waals surface area contributed by atoms with Crippen molar-refractivity contribution >= 4 is 18.0 Å². The number of aliphatic carboxylic acids is 1. The van der Waals surface area contributed by atoms with E-state index in [9.17, 15) is 14.4 Å². The lowest BCUT2D eigenvalue weighted by Gasteiger charge is -2.20. The lowest BCUT2D eigenvalue weighted by atomic mass is 9.93. The van der Waals surface area contributed by atoms with Crippen molar-refractivity contribution in [3.8, 4) is 11.1 Å². The minimum absolute atomic E-state index is 0.0288. The molecule has 0 saturated heterocycles. The van der Waals surface area contributed by atoms with Crippen molar-refractivity contribution in [1.29, 1.82) is 0 Å². The molecule has 1 aliphatic carbocycles. The quantitative estimate of drug-likeness (QED) is 0.399. The molecule has 35 heavy (non-hydrogen) atoms. The van der Waals surface area contributed by atoms with Gasteiger partial charge in [-0.05, 0) is 54.9 Å². The van der Waals surface area contributed by atoms with Gasteiger partial charge in [0.2, 0.25) is 5.91 Å². The van der Waals surface area contributed by atoms with E-state index in [1.54, 1.807) is 13.8 Å². The first kappa shape index (κ1) is 26.3. The number of hydrogen-bond acceptors (Lipinski definition) is 4. The van der Waals surface area contributed by atoms with Gasteiger partial charge in [0.05, 0.1) is 5.41 Å². The van der Waals surface area contributed by atoms with Crippen LogP contribution in [0.25, 0.3) is 11.1 Å². The fourth-order valence-corrected chi connectivity index (χ4v) is 4.40. The van der Waals surface area contributed by atoms with Gasteiger partial charge in [-0.15, -0.1) is 0 Å². The fraction of sp³-hybridized carbons (Fsp3) is 0.464. The number of rotatable bonds is 12. The van der Waals surface area contributed by atoms with Crippen LogP contribution in [0.15, 0.2) is 48.5 Å². The normalized spacial score (nSPS) is 13.5. The van der Waals surface area contributed by atoms with E-state index in [2.05, 4.69) is 41.8 Å². The smallest absolute Gasteiger partial charge is 0.407 e. The summed E-state index contributed by atoms with van der Waals surface area (Å²) in [6, 6.07) is 16.5. The number of nitrogens with one attached hydrogen (secondary N) is 2. The molecular weight excluding hydrogens is 444 g/mol. The Hall–Kier alpha value is -3.35. The summed E-state index contributed by atoms with van der Waals surface area (Å²) in [6.07, 6.45) is 2.21. The molecule has 1 aliphatic rings. The standard InChI is InChI=1S/C28H36N2O5/c1-4-19(13-14-25(31)30-18-28(2,3)26(32)33)15-16-29-27(34)35-17-24-22-11-7-5-9-20(22)21-10-6-8-12-23(21)24/h5-12,19,24H,4,13-18H2,1-3H3,(H,29,34)(H,30,31)(H,32,33). The molecule has 2 aromatic rings. The zero-order chi connectivity index (χ0) is 25.4. The lowest BCUT2D eigenvalue weighted by molar-refractivity contribution is -0.146. The first-order chi connectivity index (χ1) is 16.7. The van der Waals surface area contributed by atoms with Crippen LogP contribution >= 0.6 is 0 Å². The van der Waals surface area contributed by atoms with Crippen molar-refractivity contribution in [3.63, 3.8) is 0 Å². The zero-order valence-electron chi connectivity index (χ0n) is 20.8. The van der Waals surface area contributed by atoms with Crippen LogP contribution in [0.2, 0.25) is 0 Å². The van der Waals surface area contributed by atoms with Crippen LogP contribution < -0.4 is 10.6 Å². The first-order valence-corrected chi connectivity index (χ1v) is 12.3. The molecule has 0 aromatic heterocycles. The van der Waals surface area contributed by atoms with Crippen LogP contribution in [0.3, 0.4) is 0 Å². The second-order valence-corrected chi connectivity index (χ2v) is 9.82. The second kappa shape index (κ2) is 11.9. The molecule has 2 amide bonds. The van der Waals surface area contributed by atoms with Gasteiger partial charge in [-0.2, -0.15) is 0 Å². The average Bonchev–Trinajstić information content (AvgIpc) is 3.17. The van der Waals surface area contributed by atoms with Gasteiger partial charge in [-0.3, -0.25) is 9.59 Å². The van der Waals surface area contributed by atoms with E-state index in [0.717, 1.165) is 12.8 Å². The highest BCUT2D eigenvalue weighted by molar-refractivity contribution is 5.79. The van der Waals surface area contributed by atoms with E-state index in [1.807, 2.05) is 24.3 Å². The number of carboxylic acids is 1. The van der Waals surface area contributed by atoms with Gasteiger partial charge in [0.25, 0.3) is 0 Å². The van der Waals surface area contributed by atoms with Crippen LogP contribution in [-0.4, -0.2) is 42.8 Å². The SMILES string of the molecule is CCC(CCNC(=O)OCC1c2ccccc2-c2ccccc21)CCC(=O)NCC(C)(C)C(=O)O. The maximum atomic E-state index is 12.3. The topological polar surface area (TPSA) is 105 Å². The summed E-state index contributed by atoms with van der Waals surface area (Å²) in [4.78, 5) is 35.6. The summed E-state index contributed by atoms with van der Waals surface area (Å²) in [5.74, 6) is -0.783. The third kappa shape index (κ3) is 6.84. The van der Waals surface area contributed by atoms with Gasteiger partial charge >= 0.3 is 12.1 Å². The molecule has 0 radical (unpaired) electrons. The van der Waals surface area contributed by atoms with Crippen LogP contribution in [0.1, 0.15) is 63.5 Å². The van der Waals surface area contributed by atoms with Crippen molar-refractivity contribution < 1.29 is 24.2 Å². The monoisotopic (exact) mass is 480 g/mol. The largest absolute Gasteiger partial charge is 0.481 e. The van der Waals surface area contributed by atoms with Gasteiger partial charge < -0.3 is 20.5 Å². The van der Waals surface area contributed by atoms with Gasteiger partial charge in [0.1, 0.15) is 6.61 Å². The Kier molecular flexibility index (Phi) is 8.90. The first-order valence-electron chi connectivity index (χ1n) is 12.3. The minimum atomic E-state index is -0.993. The highest BCUT2D eigenvalue weighted by Crippen LogP contribution is 2.44.